The van der Waals surface area contributed by atoms with E-state index in [0.29, 0.717) is 29.0 Å². The minimum Gasteiger partial charge on any atom is -0.384 e. The van der Waals surface area contributed by atoms with Gasteiger partial charge in [0.2, 0.25) is 0 Å². The largest absolute Gasteiger partial charge is 0.384 e. The van der Waals surface area contributed by atoms with Crippen molar-refractivity contribution in [1.82, 2.24) is 14.7 Å². The summed E-state index contributed by atoms with van der Waals surface area (Å²) < 4.78 is 27.7. The standard InChI is InChI=1S/C24H26ClN5O3S/c1-15-13-14-30(24(15,2)3)22-18(11-12-19(27-22)16-7-9-17(25)10-8-16)23(31)29-34(32,33)21-6-4-5-20(26)28-21/h4-12,15H,13-14H2,1-3H3,(H2,26,28)(H,29,31). The highest BCUT2D eigenvalue weighted by molar-refractivity contribution is 7.90. The number of nitrogens with one attached hydrogen (secondary N) is 1. The third-order valence-electron chi connectivity index (χ3n) is 6.45. The Morgan fingerprint density at radius 1 is 1.12 bits per heavy atom. The van der Waals surface area contributed by atoms with Gasteiger partial charge >= 0.3 is 0 Å². The van der Waals surface area contributed by atoms with Gasteiger partial charge in [-0.3, -0.25) is 4.79 Å². The first-order chi connectivity index (χ1) is 16.0. The molecule has 0 saturated carbocycles. The van der Waals surface area contributed by atoms with Crippen LogP contribution in [0.3, 0.4) is 0 Å². The van der Waals surface area contributed by atoms with Gasteiger partial charge in [-0.1, -0.05) is 36.7 Å². The molecule has 3 N–H and O–H groups in total. The van der Waals surface area contributed by atoms with E-state index in [4.69, 9.17) is 22.3 Å². The smallest absolute Gasteiger partial charge is 0.281 e. The van der Waals surface area contributed by atoms with E-state index in [9.17, 15) is 13.2 Å². The monoisotopic (exact) mass is 499 g/mol. The van der Waals surface area contributed by atoms with Gasteiger partial charge in [-0.25, -0.2) is 14.7 Å². The maximum absolute atomic E-state index is 13.2. The molecule has 0 aliphatic carbocycles. The molecule has 1 aromatic carbocycles. The Balaban J connectivity index is 1.77. The van der Waals surface area contributed by atoms with Gasteiger partial charge in [-0.15, -0.1) is 0 Å². The van der Waals surface area contributed by atoms with Crippen LogP contribution in [0.25, 0.3) is 11.3 Å². The Kier molecular flexibility index (Phi) is 6.26. The third kappa shape index (κ3) is 4.58. The van der Waals surface area contributed by atoms with Crippen LogP contribution in [-0.2, 0) is 10.0 Å². The fourth-order valence-corrected chi connectivity index (χ4v) is 5.10. The molecule has 10 heteroatoms. The number of rotatable bonds is 5. The number of nitrogens with two attached hydrogens (primary N) is 1. The van der Waals surface area contributed by atoms with E-state index < -0.39 is 15.9 Å². The molecule has 4 rings (SSSR count). The van der Waals surface area contributed by atoms with Crippen molar-refractivity contribution >= 4 is 39.2 Å². The van der Waals surface area contributed by atoms with Crippen LogP contribution in [-0.4, -0.2) is 36.4 Å². The molecule has 178 valence electrons. The van der Waals surface area contributed by atoms with Gasteiger partial charge in [0.1, 0.15) is 11.6 Å². The molecule has 0 radical (unpaired) electrons. The SMILES string of the molecule is CC1CCN(c2nc(-c3ccc(Cl)cc3)ccc2C(=O)NS(=O)(=O)c2cccc(N)n2)C1(C)C. The van der Waals surface area contributed by atoms with E-state index in [0.717, 1.165) is 12.0 Å². The molecule has 1 amide bonds. The molecule has 1 saturated heterocycles. The molecule has 3 heterocycles. The Morgan fingerprint density at radius 3 is 2.44 bits per heavy atom. The fraction of sp³-hybridized carbons (Fsp3) is 0.292. The highest BCUT2D eigenvalue weighted by atomic mass is 35.5. The molecule has 1 unspecified atom stereocenters. The van der Waals surface area contributed by atoms with E-state index in [1.807, 2.05) is 12.1 Å². The zero-order valence-electron chi connectivity index (χ0n) is 19.1. The average Bonchev–Trinajstić information content (AvgIpc) is 3.05. The van der Waals surface area contributed by atoms with Gasteiger partial charge in [-0.05, 0) is 62.6 Å². The molecule has 1 atom stereocenters. The highest BCUT2D eigenvalue weighted by Gasteiger charge is 2.41. The Labute approximate surface area is 204 Å². The van der Waals surface area contributed by atoms with Gasteiger partial charge in [0.05, 0.1) is 11.3 Å². The molecule has 34 heavy (non-hydrogen) atoms. The van der Waals surface area contributed by atoms with Crippen LogP contribution in [0.4, 0.5) is 11.6 Å². The minimum absolute atomic E-state index is 0.0396. The summed E-state index contributed by atoms with van der Waals surface area (Å²) in [4.78, 5) is 24.0. The van der Waals surface area contributed by atoms with E-state index in [2.05, 4.69) is 35.4 Å². The number of carbonyl (C=O) groups excluding carboxylic acids is 1. The van der Waals surface area contributed by atoms with Gasteiger partial charge in [-0.2, -0.15) is 8.42 Å². The van der Waals surface area contributed by atoms with Crippen LogP contribution in [0, 0.1) is 5.92 Å². The van der Waals surface area contributed by atoms with E-state index >= 15 is 0 Å². The van der Waals surface area contributed by atoms with E-state index in [1.54, 1.807) is 24.3 Å². The molecule has 1 aliphatic rings. The third-order valence-corrected chi connectivity index (χ3v) is 7.93. The number of amides is 1. The molecule has 2 aromatic heterocycles. The summed E-state index contributed by atoms with van der Waals surface area (Å²) in [6.07, 6.45) is 0.923. The van der Waals surface area contributed by atoms with Crippen LogP contribution in [0.5, 0.6) is 0 Å². The summed E-state index contributed by atoms with van der Waals surface area (Å²) in [5.74, 6) is 0.0298. The van der Waals surface area contributed by atoms with Crippen LogP contribution < -0.4 is 15.4 Å². The highest BCUT2D eigenvalue weighted by Crippen LogP contribution is 2.39. The summed E-state index contributed by atoms with van der Waals surface area (Å²) in [5, 5.41) is 0.276. The number of benzene rings is 1. The summed E-state index contributed by atoms with van der Waals surface area (Å²) in [6, 6.07) is 14.7. The number of pyridine rings is 2. The lowest BCUT2D eigenvalue weighted by molar-refractivity contribution is 0.0981. The first-order valence-electron chi connectivity index (χ1n) is 10.8. The zero-order valence-corrected chi connectivity index (χ0v) is 20.7. The number of hydrogen-bond donors (Lipinski definition) is 2. The Bertz CT molecular complexity index is 1340. The minimum atomic E-state index is -4.23. The van der Waals surface area contributed by atoms with Crippen molar-refractivity contribution in [2.24, 2.45) is 5.92 Å². The second kappa shape index (κ2) is 8.88. The second-order valence-electron chi connectivity index (χ2n) is 8.90. The van der Waals surface area contributed by atoms with Crippen molar-refractivity contribution in [2.75, 3.05) is 17.2 Å². The summed E-state index contributed by atoms with van der Waals surface area (Å²) in [7, 11) is -4.23. The number of anilines is 2. The molecule has 1 fully saturated rings. The van der Waals surface area contributed by atoms with Crippen LogP contribution >= 0.6 is 11.6 Å². The summed E-state index contributed by atoms with van der Waals surface area (Å²) >= 11 is 6.02. The van der Waals surface area contributed by atoms with Gasteiger partial charge in [0.15, 0.2) is 5.03 Å². The van der Waals surface area contributed by atoms with Crippen molar-refractivity contribution in [3.63, 3.8) is 0 Å². The first kappa shape index (κ1) is 24.0. The molecule has 0 bridgehead atoms. The number of nitrogen functional groups attached to an aromatic ring is 1. The number of sulfonamides is 1. The maximum atomic E-state index is 13.2. The van der Waals surface area contributed by atoms with Crippen molar-refractivity contribution in [2.45, 2.75) is 37.8 Å². The Morgan fingerprint density at radius 2 is 1.82 bits per heavy atom. The predicted molar refractivity (Wildman–Crippen MR) is 133 cm³/mol. The Hall–Kier alpha value is -3.17. The molecule has 3 aromatic rings. The van der Waals surface area contributed by atoms with Crippen molar-refractivity contribution < 1.29 is 13.2 Å². The summed E-state index contributed by atoms with van der Waals surface area (Å²) in [5.41, 5.74) is 6.98. The first-order valence-corrected chi connectivity index (χ1v) is 12.7. The number of halogens is 1. The lowest BCUT2D eigenvalue weighted by Crippen LogP contribution is -2.43. The van der Waals surface area contributed by atoms with Crippen LogP contribution in [0.15, 0.2) is 59.6 Å². The fourth-order valence-electron chi connectivity index (χ4n) is 4.03. The van der Waals surface area contributed by atoms with Crippen molar-refractivity contribution in [3.8, 4) is 11.3 Å². The van der Waals surface area contributed by atoms with Crippen molar-refractivity contribution in [1.29, 1.82) is 0 Å². The van der Waals surface area contributed by atoms with Gasteiger partial charge < -0.3 is 10.6 Å². The number of hydrogen-bond acceptors (Lipinski definition) is 7. The normalized spacial score (nSPS) is 17.5. The molecule has 1 aliphatic heterocycles. The topological polar surface area (TPSA) is 118 Å². The maximum Gasteiger partial charge on any atom is 0.281 e. The summed E-state index contributed by atoms with van der Waals surface area (Å²) in [6.45, 7) is 7.03. The van der Waals surface area contributed by atoms with Gasteiger partial charge in [0.25, 0.3) is 15.9 Å². The molecule has 0 spiro atoms. The predicted octanol–water partition coefficient (Wildman–Crippen LogP) is 4.12. The van der Waals surface area contributed by atoms with Gasteiger partial charge in [0, 0.05) is 22.7 Å². The van der Waals surface area contributed by atoms with Crippen LogP contribution in [0.2, 0.25) is 5.02 Å². The van der Waals surface area contributed by atoms with Crippen LogP contribution in [0.1, 0.15) is 37.6 Å². The number of carbonyl (C=O) groups is 1. The lowest BCUT2D eigenvalue weighted by Gasteiger charge is -2.36. The number of aromatic nitrogens is 2. The molecule has 8 nitrogen and oxygen atoms in total. The lowest BCUT2D eigenvalue weighted by atomic mass is 9.90. The average molecular weight is 500 g/mol. The van der Waals surface area contributed by atoms with Crippen molar-refractivity contribution in [3.05, 3.63) is 65.2 Å². The zero-order chi connectivity index (χ0) is 24.7. The van der Waals surface area contributed by atoms with E-state index in [-0.39, 0.29) is 21.9 Å². The quantitative estimate of drug-likeness (QED) is 0.542. The molecular weight excluding hydrogens is 474 g/mol. The molecular formula is C24H26ClN5O3S. The second-order valence-corrected chi connectivity index (χ2v) is 11.0. The van der Waals surface area contributed by atoms with E-state index in [1.165, 1.54) is 18.2 Å². The number of nitrogens with zero attached hydrogens (tertiary/aromatic N) is 3.